The molecule has 4 heterocycles. The maximum absolute atomic E-state index is 12.9. The lowest BCUT2D eigenvalue weighted by Gasteiger charge is -2.42. The van der Waals surface area contributed by atoms with E-state index in [1.54, 1.807) is 24.9 Å². The number of nitrogens with one attached hydrogen (secondary N) is 2. The molecule has 6 rings (SSSR count). The van der Waals surface area contributed by atoms with Crippen LogP contribution in [0.4, 0.5) is 16.4 Å². The van der Waals surface area contributed by atoms with E-state index in [0.717, 1.165) is 40.2 Å². The Kier molecular flexibility index (Phi) is 7.07. The van der Waals surface area contributed by atoms with Gasteiger partial charge in [0.05, 0.1) is 11.0 Å². The molecule has 1 saturated heterocycles. The lowest BCUT2D eigenvalue weighted by molar-refractivity contribution is 0.108. The molecule has 40 heavy (non-hydrogen) atoms. The standard InChI is InChI=1S/C30H31N9O/c1-21(27-19-38(17-16-37(27)2)30(40)35-24-6-4-3-5-7-24)34-29-32-15-12-28(36-29)39-20-33-25-18-23(8-9-26(25)39)22-10-13-31-14-11-22/h3-15,18,20-21,27H,16-17,19H2,1-2H3,(H,35,40)(H,32,34,36). The normalized spacial score (nSPS) is 16.6. The van der Waals surface area contributed by atoms with Gasteiger partial charge in [0, 0.05) is 56.0 Å². The third-order valence-corrected chi connectivity index (χ3v) is 7.39. The van der Waals surface area contributed by atoms with Crippen molar-refractivity contribution in [2.75, 3.05) is 37.3 Å². The van der Waals surface area contributed by atoms with Crippen LogP contribution in [-0.4, -0.2) is 79.1 Å². The molecule has 2 atom stereocenters. The average molecular weight is 534 g/mol. The minimum Gasteiger partial charge on any atom is -0.350 e. The molecule has 0 saturated carbocycles. The van der Waals surface area contributed by atoms with E-state index in [9.17, 15) is 4.79 Å². The number of hydrogen-bond donors (Lipinski definition) is 2. The van der Waals surface area contributed by atoms with Crippen LogP contribution in [-0.2, 0) is 0 Å². The molecule has 2 unspecified atom stereocenters. The highest BCUT2D eigenvalue weighted by Crippen LogP contribution is 2.25. The monoisotopic (exact) mass is 533 g/mol. The Morgan fingerprint density at radius 2 is 1.77 bits per heavy atom. The molecule has 2 N–H and O–H groups in total. The molecule has 5 aromatic rings. The van der Waals surface area contributed by atoms with E-state index >= 15 is 0 Å². The van der Waals surface area contributed by atoms with Crippen LogP contribution in [0, 0.1) is 0 Å². The van der Waals surface area contributed by atoms with E-state index in [-0.39, 0.29) is 18.1 Å². The number of imidazole rings is 1. The predicted molar refractivity (Wildman–Crippen MR) is 156 cm³/mol. The molecule has 0 spiro atoms. The van der Waals surface area contributed by atoms with E-state index in [2.05, 4.69) is 62.7 Å². The summed E-state index contributed by atoms with van der Waals surface area (Å²) in [4.78, 5) is 35.1. The molecule has 10 nitrogen and oxygen atoms in total. The van der Waals surface area contributed by atoms with Gasteiger partial charge < -0.3 is 15.5 Å². The van der Waals surface area contributed by atoms with Crippen LogP contribution in [0.2, 0.25) is 0 Å². The number of urea groups is 1. The number of carbonyl (C=O) groups is 1. The second kappa shape index (κ2) is 11.1. The zero-order valence-electron chi connectivity index (χ0n) is 22.5. The zero-order valence-corrected chi connectivity index (χ0v) is 22.5. The van der Waals surface area contributed by atoms with Gasteiger partial charge in [-0.1, -0.05) is 24.3 Å². The van der Waals surface area contributed by atoms with Gasteiger partial charge in [0.2, 0.25) is 5.95 Å². The Morgan fingerprint density at radius 3 is 2.60 bits per heavy atom. The first-order valence-electron chi connectivity index (χ1n) is 13.3. The fourth-order valence-corrected chi connectivity index (χ4v) is 5.12. The summed E-state index contributed by atoms with van der Waals surface area (Å²) in [5.74, 6) is 1.25. The molecule has 202 valence electrons. The molecule has 2 amide bonds. The first kappa shape index (κ1) is 25.4. The highest BCUT2D eigenvalue weighted by Gasteiger charge is 2.31. The number of likely N-dealkylation sites (N-methyl/N-ethyl adjacent to an activating group) is 1. The van der Waals surface area contributed by atoms with E-state index in [1.807, 2.05) is 58.0 Å². The fraction of sp³-hybridized carbons (Fsp3) is 0.233. The van der Waals surface area contributed by atoms with Crippen LogP contribution >= 0.6 is 0 Å². The second-order valence-corrected chi connectivity index (χ2v) is 10.0. The summed E-state index contributed by atoms with van der Waals surface area (Å²) in [7, 11) is 2.09. The van der Waals surface area contributed by atoms with Gasteiger partial charge in [-0.05, 0) is 67.6 Å². The summed E-state index contributed by atoms with van der Waals surface area (Å²) in [6.45, 7) is 4.14. The molecule has 0 bridgehead atoms. The van der Waals surface area contributed by atoms with E-state index in [0.29, 0.717) is 19.0 Å². The lowest BCUT2D eigenvalue weighted by Crippen LogP contribution is -2.59. The number of anilines is 2. The van der Waals surface area contributed by atoms with E-state index in [1.165, 1.54) is 0 Å². The Labute approximate surface area is 232 Å². The molecule has 0 radical (unpaired) electrons. The van der Waals surface area contributed by atoms with Crippen molar-refractivity contribution >= 4 is 28.7 Å². The zero-order chi connectivity index (χ0) is 27.5. The Bertz CT molecular complexity index is 1610. The van der Waals surface area contributed by atoms with Gasteiger partial charge in [-0.15, -0.1) is 0 Å². The first-order valence-corrected chi connectivity index (χ1v) is 13.3. The Morgan fingerprint density at radius 1 is 0.950 bits per heavy atom. The van der Waals surface area contributed by atoms with Crippen molar-refractivity contribution in [1.82, 2.24) is 34.3 Å². The smallest absolute Gasteiger partial charge is 0.321 e. The van der Waals surface area contributed by atoms with E-state index in [4.69, 9.17) is 4.98 Å². The number of hydrogen-bond acceptors (Lipinski definition) is 7. The Hall–Kier alpha value is -4.83. The molecule has 2 aromatic carbocycles. The summed E-state index contributed by atoms with van der Waals surface area (Å²) in [6.07, 6.45) is 7.11. The molecule has 1 aliphatic rings. The number of fused-ring (bicyclic) bond motifs is 1. The van der Waals surface area contributed by atoms with Crippen molar-refractivity contribution in [3.05, 3.63) is 91.6 Å². The molecule has 0 aliphatic carbocycles. The Balaban J connectivity index is 1.16. The van der Waals surface area contributed by atoms with Crippen LogP contribution in [0.3, 0.4) is 0 Å². The number of aromatic nitrogens is 5. The highest BCUT2D eigenvalue weighted by atomic mass is 16.2. The number of nitrogens with zero attached hydrogens (tertiary/aromatic N) is 7. The predicted octanol–water partition coefficient (Wildman–Crippen LogP) is 4.53. The lowest BCUT2D eigenvalue weighted by atomic mass is 10.1. The van der Waals surface area contributed by atoms with Gasteiger partial charge >= 0.3 is 6.03 Å². The maximum atomic E-state index is 12.9. The third-order valence-electron chi connectivity index (χ3n) is 7.39. The summed E-state index contributed by atoms with van der Waals surface area (Å²) in [5, 5.41) is 6.47. The SMILES string of the molecule is CC(Nc1nccc(-n2cnc3cc(-c4ccncc4)ccc32)n1)C1CN(C(=O)Nc2ccccc2)CCN1C. The van der Waals surface area contributed by atoms with Crippen LogP contribution < -0.4 is 10.6 Å². The van der Waals surface area contributed by atoms with Crippen molar-refractivity contribution in [3.63, 3.8) is 0 Å². The molecule has 1 fully saturated rings. The van der Waals surface area contributed by atoms with Crippen LogP contribution in [0.25, 0.3) is 28.0 Å². The topological polar surface area (TPSA) is 104 Å². The van der Waals surface area contributed by atoms with Crippen molar-refractivity contribution in [1.29, 1.82) is 0 Å². The van der Waals surface area contributed by atoms with Gasteiger partial charge in [-0.3, -0.25) is 14.5 Å². The third kappa shape index (κ3) is 5.34. The van der Waals surface area contributed by atoms with Gasteiger partial charge in [-0.2, -0.15) is 4.98 Å². The maximum Gasteiger partial charge on any atom is 0.321 e. The highest BCUT2D eigenvalue weighted by molar-refractivity contribution is 5.89. The second-order valence-electron chi connectivity index (χ2n) is 10.0. The van der Waals surface area contributed by atoms with Crippen molar-refractivity contribution in [3.8, 4) is 16.9 Å². The molecule has 1 aliphatic heterocycles. The number of pyridine rings is 1. The number of carbonyl (C=O) groups excluding carboxylic acids is 1. The average Bonchev–Trinajstić information content (AvgIpc) is 3.42. The van der Waals surface area contributed by atoms with Gasteiger partial charge in [0.15, 0.2) is 0 Å². The van der Waals surface area contributed by atoms with Gasteiger partial charge in [0.1, 0.15) is 12.1 Å². The number of para-hydroxylation sites is 1. The number of amides is 2. The first-order chi connectivity index (χ1) is 19.5. The summed E-state index contributed by atoms with van der Waals surface area (Å²) < 4.78 is 1.96. The van der Waals surface area contributed by atoms with Crippen molar-refractivity contribution in [2.45, 2.75) is 19.0 Å². The van der Waals surface area contributed by atoms with Crippen LogP contribution in [0.5, 0.6) is 0 Å². The quantitative estimate of drug-likeness (QED) is 0.331. The van der Waals surface area contributed by atoms with Gasteiger partial charge in [-0.25, -0.2) is 14.8 Å². The van der Waals surface area contributed by atoms with Crippen LogP contribution in [0.1, 0.15) is 6.92 Å². The number of rotatable bonds is 6. The van der Waals surface area contributed by atoms with E-state index < -0.39 is 0 Å². The number of piperazine rings is 1. The fourth-order valence-electron chi connectivity index (χ4n) is 5.12. The molecular formula is C30H31N9O. The minimum absolute atomic E-state index is 0.00460. The van der Waals surface area contributed by atoms with Gasteiger partial charge in [0.25, 0.3) is 0 Å². The summed E-state index contributed by atoms with van der Waals surface area (Å²) in [6, 6.07) is 21.6. The van der Waals surface area contributed by atoms with Crippen LogP contribution in [0.15, 0.2) is 91.6 Å². The molecular weight excluding hydrogens is 502 g/mol. The summed E-state index contributed by atoms with van der Waals surface area (Å²) >= 11 is 0. The largest absolute Gasteiger partial charge is 0.350 e. The minimum atomic E-state index is -0.0891. The molecule has 10 heteroatoms. The molecule has 3 aromatic heterocycles. The van der Waals surface area contributed by atoms with Crippen molar-refractivity contribution in [2.24, 2.45) is 0 Å². The number of benzene rings is 2. The summed E-state index contributed by atoms with van der Waals surface area (Å²) in [5.41, 5.74) is 4.82. The van der Waals surface area contributed by atoms with Crippen molar-refractivity contribution < 1.29 is 4.79 Å².